The molecule has 0 aliphatic carbocycles. The summed E-state index contributed by atoms with van der Waals surface area (Å²) in [6.45, 7) is 6.83. The van der Waals surface area contributed by atoms with Gasteiger partial charge in [-0.05, 0) is 31.4 Å². The Morgan fingerprint density at radius 3 is 2.78 bits per heavy atom. The van der Waals surface area contributed by atoms with Crippen molar-refractivity contribution < 1.29 is 4.79 Å². The molecule has 1 aliphatic heterocycles. The van der Waals surface area contributed by atoms with Gasteiger partial charge in [-0.3, -0.25) is 14.7 Å². The van der Waals surface area contributed by atoms with Gasteiger partial charge in [0.05, 0.1) is 6.20 Å². The zero-order valence-electron chi connectivity index (χ0n) is 13.6. The van der Waals surface area contributed by atoms with E-state index < -0.39 is 0 Å². The first-order chi connectivity index (χ1) is 11.1. The predicted octanol–water partition coefficient (Wildman–Crippen LogP) is 2.04. The second kappa shape index (κ2) is 6.46. The van der Waals surface area contributed by atoms with Crippen LogP contribution in [0.25, 0.3) is 0 Å². The molecule has 23 heavy (non-hydrogen) atoms. The minimum atomic E-state index is -0.177. The Labute approximate surface area is 136 Å². The third kappa shape index (κ3) is 3.56. The lowest BCUT2D eigenvalue weighted by Gasteiger charge is -2.41. The molecule has 1 aromatic heterocycles. The molecular formula is C18H22N4O. The lowest BCUT2D eigenvalue weighted by Crippen LogP contribution is -2.53. The van der Waals surface area contributed by atoms with Crippen LogP contribution >= 0.6 is 0 Å². The first-order valence-electron chi connectivity index (χ1n) is 7.92. The molecule has 0 unspecified atom stereocenters. The highest BCUT2D eigenvalue weighted by atomic mass is 16.1. The highest BCUT2D eigenvalue weighted by molar-refractivity contribution is 5.91. The summed E-state index contributed by atoms with van der Waals surface area (Å²) in [7, 11) is 0. The number of carbonyl (C=O) groups is 1. The van der Waals surface area contributed by atoms with Gasteiger partial charge in [0.2, 0.25) is 0 Å². The van der Waals surface area contributed by atoms with Gasteiger partial charge in [-0.15, -0.1) is 0 Å². The largest absolute Gasteiger partial charge is 0.349 e. The molecule has 3 rings (SSSR count). The van der Waals surface area contributed by atoms with Crippen LogP contribution in [-0.4, -0.2) is 39.4 Å². The quantitative estimate of drug-likeness (QED) is 0.939. The van der Waals surface area contributed by atoms with E-state index in [-0.39, 0.29) is 11.4 Å². The fourth-order valence-electron chi connectivity index (χ4n) is 2.93. The van der Waals surface area contributed by atoms with E-state index in [0.29, 0.717) is 12.2 Å². The number of carbonyl (C=O) groups excluding carboxylic acids is 1. The summed E-state index contributed by atoms with van der Waals surface area (Å²) in [6.07, 6.45) is 5.63. The van der Waals surface area contributed by atoms with E-state index in [2.05, 4.69) is 58.3 Å². The van der Waals surface area contributed by atoms with E-state index in [1.54, 1.807) is 6.20 Å². The molecule has 2 heterocycles. The van der Waals surface area contributed by atoms with E-state index in [0.717, 1.165) is 19.5 Å². The Balaban J connectivity index is 1.62. The van der Waals surface area contributed by atoms with Gasteiger partial charge >= 0.3 is 0 Å². The van der Waals surface area contributed by atoms with Gasteiger partial charge in [-0.1, -0.05) is 24.3 Å². The average Bonchev–Trinajstić information content (AvgIpc) is 2.60. The summed E-state index contributed by atoms with van der Waals surface area (Å²) in [5.74, 6) is -0.177. The van der Waals surface area contributed by atoms with Crippen LogP contribution in [0.3, 0.4) is 0 Å². The summed E-state index contributed by atoms with van der Waals surface area (Å²) in [5.41, 5.74) is 3.05. The van der Waals surface area contributed by atoms with Gasteiger partial charge in [0, 0.05) is 37.6 Å². The number of hydrogen-bond donors (Lipinski definition) is 1. The van der Waals surface area contributed by atoms with Crippen LogP contribution < -0.4 is 5.32 Å². The number of hydrogen-bond acceptors (Lipinski definition) is 4. The molecule has 5 heteroatoms. The number of fused-ring (bicyclic) bond motifs is 1. The van der Waals surface area contributed by atoms with Gasteiger partial charge < -0.3 is 5.32 Å². The summed E-state index contributed by atoms with van der Waals surface area (Å²) < 4.78 is 0. The summed E-state index contributed by atoms with van der Waals surface area (Å²) in [5, 5.41) is 2.98. The fraction of sp³-hybridized carbons (Fsp3) is 0.389. The SMILES string of the molecule is CC(C)(CNC(=O)c1cnccn1)N1CCc2ccccc2C1. The average molecular weight is 310 g/mol. The maximum atomic E-state index is 12.1. The minimum absolute atomic E-state index is 0.120. The number of aromatic nitrogens is 2. The molecule has 0 radical (unpaired) electrons. The molecule has 0 fully saturated rings. The van der Waals surface area contributed by atoms with Crippen molar-refractivity contribution in [2.75, 3.05) is 13.1 Å². The van der Waals surface area contributed by atoms with E-state index in [1.165, 1.54) is 23.5 Å². The molecule has 1 amide bonds. The minimum Gasteiger partial charge on any atom is -0.349 e. The number of nitrogens with zero attached hydrogens (tertiary/aromatic N) is 3. The number of benzene rings is 1. The van der Waals surface area contributed by atoms with E-state index >= 15 is 0 Å². The van der Waals surface area contributed by atoms with Crippen molar-refractivity contribution in [3.05, 3.63) is 59.7 Å². The number of amides is 1. The molecule has 5 nitrogen and oxygen atoms in total. The third-order valence-electron chi connectivity index (χ3n) is 4.46. The van der Waals surface area contributed by atoms with Crippen molar-refractivity contribution in [1.29, 1.82) is 0 Å². The normalized spacial score (nSPS) is 15.0. The topological polar surface area (TPSA) is 58.1 Å². The smallest absolute Gasteiger partial charge is 0.271 e. The first kappa shape index (κ1) is 15.6. The van der Waals surface area contributed by atoms with Crippen LogP contribution in [0.1, 0.15) is 35.5 Å². The lowest BCUT2D eigenvalue weighted by molar-refractivity contribution is 0.0822. The van der Waals surface area contributed by atoms with Crippen LogP contribution in [0.2, 0.25) is 0 Å². The Morgan fingerprint density at radius 1 is 1.26 bits per heavy atom. The maximum absolute atomic E-state index is 12.1. The standard InChI is InChI=1S/C18H22N4O/c1-18(2,13-21-17(23)16-11-19-8-9-20-16)22-10-7-14-5-3-4-6-15(14)12-22/h3-6,8-9,11H,7,10,12-13H2,1-2H3,(H,21,23). The van der Waals surface area contributed by atoms with Crippen molar-refractivity contribution in [2.45, 2.75) is 32.4 Å². The molecule has 1 aliphatic rings. The van der Waals surface area contributed by atoms with Crippen molar-refractivity contribution in [2.24, 2.45) is 0 Å². The Hall–Kier alpha value is -2.27. The summed E-state index contributed by atoms with van der Waals surface area (Å²) >= 11 is 0. The van der Waals surface area contributed by atoms with Crippen molar-refractivity contribution in [3.63, 3.8) is 0 Å². The highest BCUT2D eigenvalue weighted by Crippen LogP contribution is 2.24. The van der Waals surface area contributed by atoms with Gasteiger partial charge in [0.1, 0.15) is 5.69 Å². The van der Waals surface area contributed by atoms with Crippen LogP contribution in [0.15, 0.2) is 42.9 Å². The Morgan fingerprint density at radius 2 is 2.04 bits per heavy atom. The van der Waals surface area contributed by atoms with E-state index in [9.17, 15) is 4.79 Å². The molecule has 0 spiro atoms. The third-order valence-corrected chi connectivity index (χ3v) is 4.46. The second-order valence-electron chi connectivity index (χ2n) is 6.53. The number of rotatable bonds is 4. The van der Waals surface area contributed by atoms with Gasteiger partial charge in [-0.2, -0.15) is 0 Å². The Kier molecular flexibility index (Phi) is 4.39. The highest BCUT2D eigenvalue weighted by Gasteiger charge is 2.30. The first-order valence-corrected chi connectivity index (χ1v) is 7.92. The molecule has 120 valence electrons. The van der Waals surface area contributed by atoms with Crippen molar-refractivity contribution in [1.82, 2.24) is 20.2 Å². The number of nitrogens with one attached hydrogen (secondary N) is 1. The second-order valence-corrected chi connectivity index (χ2v) is 6.53. The lowest BCUT2D eigenvalue weighted by atomic mass is 9.94. The van der Waals surface area contributed by atoms with E-state index in [4.69, 9.17) is 0 Å². The molecule has 0 atom stereocenters. The van der Waals surface area contributed by atoms with Gasteiger partial charge in [0.25, 0.3) is 5.91 Å². The zero-order valence-corrected chi connectivity index (χ0v) is 13.6. The molecule has 1 N–H and O–H groups in total. The summed E-state index contributed by atoms with van der Waals surface area (Å²) in [4.78, 5) is 22.5. The van der Waals surface area contributed by atoms with E-state index in [1.807, 2.05) is 0 Å². The Bertz CT molecular complexity index is 684. The molecular weight excluding hydrogens is 288 g/mol. The van der Waals surface area contributed by atoms with Crippen molar-refractivity contribution >= 4 is 5.91 Å². The van der Waals surface area contributed by atoms with Gasteiger partial charge in [-0.25, -0.2) is 4.98 Å². The van der Waals surface area contributed by atoms with Gasteiger partial charge in [0.15, 0.2) is 0 Å². The molecule has 0 saturated heterocycles. The van der Waals surface area contributed by atoms with Crippen LogP contribution in [0.4, 0.5) is 0 Å². The fourth-order valence-corrected chi connectivity index (χ4v) is 2.93. The van der Waals surface area contributed by atoms with Crippen LogP contribution in [0.5, 0.6) is 0 Å². The molecule has 0 bridgehead atoms. The zero-order chi connectivity index (χ0) is 16.3. The van der Waals surface area contributed by atoms with Crippen molar-refractivity contribution in [3.8, 4) is 0 Å². The monoisotopic (exact) mass is 310 g/mol. The molecule has 0 saturated carbocycles. The maximum Gasteiger partial charge on any atom is 0.271 e. The van der Waals surface area contributed by atoms with Crippen LogP contribution in [-0.2, 0) is 13.0 Å². The van der Waals surface area contributed by atoms with Crippen LogP contribution in [0, 0.1) is 0 Å². The molecule has 1 aromatic carbocycles. The summed E-state index contributed by atoms with van der Waals surface area (Å²) in [6, 6.07) is 8.58. The predicted molar refractivity (Wildman–Crippen MR) is 89.0 cm³/mol. The molecule has 2 aromatic rings.